The van der Waals surface area contributed by atoms with Gasteiger partial charge in [-0.05, 0) is 24.7 Å². The molecule has 0 radical (unpaired) electrons. The Labute approximate surface area is 416 Å². The molecule has 0 aromatic heterocycles. The van der Waals surface area contributed by atoms with E-state index in [2.05, 4.69) is 0 Å². The third-order valence-corrected chi connectivity index (χ3v) is 16.1. The summed E-state index contributed by atoms with van der Waals surface area (Å²) in [6, 6.07) is 0. The summed E-state index contributed by atoms with van der Waals surface area (Å²) in [7, 11) is 0. The van der Waals surface area contributed by atoms with Crippen LogP contribution in [0.3, 0.4) is 0 Å². The fourth-order valence-corrected chi connectivity index (χ4v) is 11.5. The van der Waals surface area contributed by atoms with E-state index >= 15 is 0 Å². The predicted molar refractivity (Wildman–Crippen MR) is 246 cm³/mol. The molecular weight excluding hydrogens is 941 g/mol. The maximum absolute atomic E-state index is 11.5. The molecule has 4 heterocycles. The van der Waals surface area contributed by atoms with Gasteiger partial charge < -0.3 is 109 Å². The smallest absolute Gasteiger partial charge is 0.187 e. The topological polar surface area (TPSA) is 357 Å². The van der Waals surface area contributed by atoms with Crippen LogP contribution in [0.25, 0.3) is 0 Å². The Hall–Kier alpha value is -0.880. The molecule has 2 aliphatic carbocycles. The first-order valence-corrected chi connectivity index (χ1v) is 26.6. The van der Waals surface area contributed by atoms with Crippen LogP contribution in [0.2, 0.25) is 0 Å². The molecule has 6 fully saturated rings. The lowest BCUT2D eigenvalue weighted by Crippen LogP contribution is -2.65. The van der Waals surface area contributed by atoms with Crippen LogP contribution in [0.4, 0.5) is 0 Å². The summed E-state index contributed by atoms with van der Waals surface area (Å²) in [5.41, 5.74) is -0.867. The molecule has 8 unspecified atom stereocenters. The van der Waals surface area contributed by atoms with Crippen molar-refractivity contribution in [1.82, 2.24) is 0 Å². The van der Waals surface area contributed by atoms with E-state index in [-0.39, 0.29) is 13.2 Å². The molecule has 2 saturated carbocycles. The normalized spacial score (nSPS) is 41.3. The van der Waals surface area contributed by atoms with Gasteiger partial charge in [0.05, 0.1) is 39.6 Å². The summed E-state index contributed by atoms with van der Waals surface area (Å²) in [5.74, 6) is 1.39. The van der Waals surface area contributed by atoms with Crippen molar-refractivity contribution >= 4 is 0 Å². The fourth-order valence-electron chi connectivity index (χ4n) is 11.5. The molecule has 6 rings (SSSR count). The predicted octanol–water partition coefficient (Wildman–Crippen LogP) is -1.68. The van der Waals surface area contributed by atoms with Crippen LogP contribution in [-0.2, 0) is 37.9 Å². The molecule has 416 valence electrons. The molecule has 4 saturated heterocycles. The van der Waals surface area contributed by atoms with Gasteiger partial charge in [0.15, 0.2) is 25.2 Å². The summed E-state index contributed by atoms with van der Waals surface area (Å²) in [6.45, 7) is -3.24. The zero-order valence-corrected chi connectivity index (χ0v) is 41.1. The second kappa shape index (κ2) is 29.0. The van der Waals surface area contributed by atoms with Crippen LogP contribution >= 0.6 is 0 Å². The van der Waals surface area contributed by atoms with Crippen molar-refractivity contribution in [2.45, 2.75) is 251 Å². The number of ether oxygens (including phenoxy) is 8. The first-order valence-electron chi connectivity index (χ1n) is 26.6. The van der Waals surface area contributed by atoms with Gasteiger partial charge in [0.2, 0.25) is 0 Å². The van der Waals surface area contributed by atoms with Gasteiger partial charge in [-0.2, -0.15) is 0 Å². The maximum Gasteiger partial charge on any atom is 0.187 e. The molecule has 0 amide bonds. The quantitative estimate of drug-likeness (QED) is 0.0430. The van der Waals surface area contributed by atoms with Crippen molar-refractivity contribution in [3.63, 3.8) is 0 Å². The van der Waals surface area contributed by atoms with Gasteiger partial charge in [-0.1, -0.05) is 116 Å². The molecule has 22 nitrogen and oxygen atoms in total. The Balaban J connectivity index is 1.18. The lowest BCUT2D eigenvalue weighted by atomic mass is 9.78. The van der Waals surface area contributed by atoms with Crippen molar-refractivity contribution in [3.8, 4) is 0 Å². The third-order valence-electron chi connectivity index (χ3n) is 16.1. The van der Waals surface area contributed by atoms with E-state index in [1.807, 2.05) is 0 Å². The van der Waals surface area contributed by atoms with Crippen LogP contribution in [0, 0.1) is 17.3 Å². The monoisotopic (exact) mass is 1030 g/mol. The number of rotatable bonds is 26. The first kappa shape index (κ1) is 59.4. The molecule has 4 aliphatic heterocycles. The van der Waals surface area contributed by atoms with E-state index in [1.54, 1.807) is 0 Å². The summed E-state index contributed by atoms with van der Waals surface area (Å²) in [6.07, 6.45) is -11.7. The van der Waals surface area contributed by atoms with Gasteiger partial charge in [-0.15, -0.1) is 0 Å². The van der Waals surface area contributed by atoms with Crippen molar-refractivity contribution in [3.05, 3.63) is 0 Å². The molecule has 0 aromatic rings. The second-order valence-electron chi connectivity index (χ2n) is 21.3. The minimum atomic E-state index is -1.84. The van der Waals surface area contributed by atoms with Gasteiger partial charge in [0, 0.05) is 5.41 Å². The van der Waals surface area contributed by atoms with Crippen LogP contribution in [-0.4, -0.2) is 234 Å². The van der Waals surface area contributed by atoms with E-state index < -0.39 is 155 Å². The molecule has 14 N–H and O–H groups in total. The van der Waals surface area contributed by atoms with E-state index in [0.717, 1.165) is 51.4 Å². The van der Waals surface area contributed by atoms with E-state index in [0.29, 0.717) is 24.7 Å². The van der Waals surface area contributed by atoms with Gasteiger partial charge in [-0.3, -0.25) is 0 Å². The molecule has 22 heteroatoms. The number of hydrogen-bond acceptors (Lipinski definition) is 22. The Morgan fingerprint density at radius 3 is 1.04 bits per heavy atom. The number of hydrogen-bond donors (Lipinski definition) is 14. The van der Waals surface area contributed by atoms with Crippen molar-refractivity contribution in [1.29, 1.82) is 0 Å². The SMILES string of the molecule is OCC1O[C@H](O[C@@H]2C(CO)O[C@@H](OCC(CCCCCC3CCCCC3)(CCCCCC3CCCCC3)CO[C@@H]3OC(CO)[C@@H](O[C@@H]4OC(CO)[C@@H](O)[C@H](O)C4O)[C@H](O)C3O)C(O)[C@H]2O)C(O)[C@@H](O)[C@@H]1O. The zero-order valence-electron chi connectivity index (χ0n) is 41.1. The lowest BCUT2D eigenvalue weighted by molar-refractivity contribution is -0.365. The molecule has 0 aromatic carbocycles. The highest BCUT2D eigenvalue weighted by Crippen LogP contribution is 2.39. The summed E-state index contributed by atoms with van der Waals surface area (Å²) >= 11 is 0. The Morgan fingerprint density at radius 1 is 0.352 bits per heavy atom. The summed E-state index contributed by atoms with van der Waals surface area (Å²) in [4.78, 5) is 0. The van der Waals surface area contributed by atoms with E-state index in [9.17, 15) is 71.5 Å². The number of aliphatic hydroxyl groups excluding tert-OH is 14. The fraction of sp³-hybridized carbons (Fsp3) is 1.00. The van der Waals surface area contributed by atoms with Crippen molar-refractivity contribution < 1.29 is 109 Å². The average Bonchev–Trinajstić information content (AvgIpc) is 3.38. The highest BCUT2D eigenvalue weighted by molar-refractivity contribution is 4.97. The number of unbranched alkanes of at least 4 members (excludes halogenated alkanes) is 4. The van der Waals surface area contributed by atoms with Crippen molar-refractivity contribution in [2.75, 3.05) is 39.6 Å². The Bertz CT molecular complexity index is 1360. The highest BCUT2D eigenvalue weighted by atomic mass is 16.8. The largest absolute Gasteiger partial charge is 0.394 e. The molecule has 71 heavy (non-hydrogen) atoms. The standard InChI is InChI=1S/C49H88O22/c50-21-29-33(54)35(56)39(60)47(66-29)70-43-31(23-52)68-45(41(62)37(43)58)64-25-49(19-11-3-9-17-27-13-5-1-6-14-27,20-12-4-10-18-28-15-7-2-8-16-28)26-65-46-42(63)38(59)44(32(24-53)69-46)71-48-40(61)36(57)34(55)30(22-51)67-48/h27-48,50-63H,1-26H2/t29?,30?,31?,32?,33-,34-,35+,36+,37-,38-,39?,40?,41?,42?,43-,44-,45-,46-,47-,48+/m1/s1. The first-order chi connectivity index (χ1) is 34.1. The molecule has 0 bridgehead atoms. The van der Waals surface area contributed by atoms with Crippen LogP contribution in [0.5, 0.6) is 0 Å². The molecule has 20 atom stereocenters. The molecule has 0 spiro atoms. The second-order valence-corrected chi connectivity index (χ2v) is 21.3. The van der Waals surface area contributed by atoms with Crippen LogP contribution in [0.1, 0.15) is 128 Å². The van der Waals surface area contributed by atoms with Gasteiger partial charge in [0.25, 0.3) is 0 Å². The van der Waals surface area contributed by atoms with Crippen molar-refractivity contribution in [2.24, 2.45) is 17.3 Å². The average molecular weight is 1030 g/mol. The molecule has 6 aliphatic rings. The minimum absolute atomic E-state index is 0.124. The summed E-state index contributed by atoms with van der Waals surface area (Å²) < 4.78 is 47.3. The van der Waals surface area contributed by atoms with Gasteiger partial charge >= 0.3 is 0 Å². The van der Waals surface area contributed by atoms with Gasteiger partial charge in [-0.25, -0.2) is 0 Å². The van der Waals surface area contributed by atoms with Crippen LogP contribution < -0.4 is 0 Å². The number of aliphatic hydroxyl groups is 14. The van der Waals surface area contributed by atoms with E-state index in [1.165, 1.54) is 64.2 Å². The molecular formula is C49H88O22. The summed E-state index contributed by atoms with van der Waals surface area (Å²) in [5, 5.41) is 149. The Morgan fingerprint density at radius 2 is 0.690 bits per heavy atom. The Kier molecular flexibility index (Phi) is 24.3. The lowest BCUT2D eigenvalue weighted by Gasteiger charge is -2.47. The highest BCUT2D eigenvalue weighted by Gasteiger charge is 2.53. The third kappa shape index (κ3) is 15.6. The van der Waals surface area contributed by atoms with E-state index in [4.69, 9.17) is 37.9 Å². The minimum Gasteiger partial charge on any atom is -0.394 e. The zero-order chi connectivity index (χ0) is 51.2. The maximum atomic E-state index is 11.5. The van der Waals surface area contributed by atoms with Gasteiger partial charge in [0.1, 0.15) is 97.7 Å². The van der Waals surface area contributed by atoms with Crippen LogP contribution in [0.15, 0.2) is 0 Å².